The van der Waals surface area contributed by atoms with Crippen LogP contribution in [0.3, 0.4) is 0 Å². The summed E-state index contributed by atoms with van der Waals surface area (Å²) in [6.07, 6.45) is 5.83. The van der Waals surface area contributed by atoms with Crippen molar-refractivity contribution in [1.82, 2.24) is 4.98 Å². The highest BCUT2D eigenvalue weighted by Gasteiger charge is 2.37. The van der Waals surface area contributed by atoms with Gasteiger partial charge in [0, 0.05) is 12.4 Å². The highest BCUT2D eigenvalue weighted by atomic mass is 16.6. The van der Waals surface area contributed by atoms with Crippen LogP contribution >= 0.6 is 0 Å². The van der Waals surface area contributed by atoms with E-state index in [-0.39, 0.29) is 12.2 Å². The highest BCUT2D eigenvalue weighted by molar-refractivity contribution is 5.21. The fraction of sp³-hybridized carbons (Fsp3) is 0.222. The maximum atomic E-state index is 5.31. The third-order valence-corrected chi connectivity index (χ3v) is 1.79. The Morgan fingerprint density at radius 1 is 1.45 bits per heavy atom. The van der Waals surface area contributed by atoms with Crippen LogP contribution in [-0.2, 0) is 4.74 Å². The van der Waals surface area contributed by atoms with E-state index in [0.29, 0.717) is 0 Å². The van der Waals surface area contributed by atoms with E-state index < -0.39 is 0 Å². The molecule has 2 heterocycles. The van der Waals surface area contributed by atoms with Crippen LogP contribution in [0.4, 0.5) is 0 Å². The summed E-state index contributed by atoms with van der Waals surface area (Å²) in [6.45, 7) is 3.66. The second kappa shape index (κ2) is 2.47. The summed E-state index contributed by atoms with van der Waals surface area (Å²) in [4.78, 5) is 3.93. The zero-order valence-corrected chi connectivity index (χ0v) is 6.10. The number of hydrogen-bond acceptors (Lipinski definition) is 2. The molecule has 0 amide bonds. The summed E-state index contributed by atoms with van der Waals surface area (Å²) in [5, 5.41) is 0. The molecular formula is C9H9NO. The van der Waals surface area contributed by atoms with Crippen molar-refractivity contribution in [3.63, 3.8) is 0 Å². The standard InChI is InChI=1S/C9H9NO/c1-2-8-9(11-8)7-3-5-10-6-4-7/h2-6,8-9H,1H2. The van der Waals surface area contributed by atoms with E-state index in [2.05, 4.69) is 11.6 Å². The molecule has 56 valence electrons. The predicted octanol–water partition coefficient (Wildman–Crippen LogP) is 1.71. The minimum atomic E-state index is 0.220. The van der Waals surface area contributed by atoms with E-state index in [0.717, 1.165) is 0 Å². The van der Waals surface area contributed by atoms with Crippen LogP contribution in [-0.4, -0.2) is 11.1 Å². The second-order valence-electron chi connectivity index (χ2n) is 2.54. The van der Waals surface area contributed by atoms with Gasteiger partial charge in [0.1, 0.15) is 12.2 Å². The molecule has 1 aliphatic rings. The maximum Gasteiger partial charge on any atom is 0.113 e. The molecule has 0 spiro atoms. The van der Waals surface area contributed by atoms with Gasteiger partial charge in [-0.25, -0.2) is 0 Å². The van der Waals surface area contributed by atoms with E-state index >= 15 is 0 Å². The Morgan fingerprint density at radius 2 is 2.18 bits per heavy atom. The average Bonchev–Trinajstić information content (AvgIpc) is 2.85. The number of hydrogen-bond donors (Lipinski definition) is 0. The lowest BCUT2D eigenvalue weighted by atomic mass is 10.1. The summed E-state index contributed by atoms with van der Waals surface area (Å²) in [5.74, 6) is 0. The van der Waals surface area contributed by atoms with Crippen molar-refractivity contribution in [2.24, 2.45) is 0 Å². The molecule has 2 unspecified atom stereocenters. The SMILES string of the molecule is C=CC1OC1c1ccncc1. The molecule has 2 heteroatoms. The Balaban J connectivity index is 2.14. The summed E-state index contributed by atoms with van der Waals surface area (Å²) in [6, 6.07) is 3.93. The molecule has 2 nitrogen and oxygen atoms in total. The van der Waals surface area contributed by atoms with Crippen molar-refractivity contribution < 1.29 is 4.74 Å². The van der Waals surface area contributed by atoms with E-state index in [1.54, 1.807) is 12.4 Å². The number of epoxide rings is 1. The fourth-order valence-electron chi connectivity index (χ4n) is 1.12. The van der Waals surface area contributed by atoms with Crippen molar-refractivity contribution in [1.29, 1.82) is 0 Å². The van der Waals surface area contributed by atoms with Gasteiger partial charge in [-0.05, 0) is 17.7 Å². The number of rotatable bonds is 2. The average molecular weight is 147 g/mol. The van der Waals surface area contributed by atoms with Gasteiger partial charge in [-0.2, -0.15) is 0 Å². The topological polar surface area (TPSA) is 25.4 Å². The summed E-state index contributed by atoms with van der Waals surface area (Å²) >= 11 is 0. The van der Waals surface area contributed by atoms with Gasteiger partial charge >= 0.3 is 0 Å². The number of pyridine rings is 1. The van der Waals surface area contributed by atoms with Crippen molar-refractivity contribution >= 4 is 0 Å². The molecule has 1 fully saturated rings. The number of ether oxygens (including phenoxy) is 1. The zero-order chi connectivity index (χ0) is 7.68. The Morgan fingerprint density at radius 3 is 2.73 bits per heavy atom. The predicted molar refractivity (Wildman–Crippen MR) is 42.0 cm³/mol. The Kier molecular flexibility index (Phi) is 1.47. The molecule has 1 aliphatic heterocycles. The molecule has 11 heavy (non-hydrogen) atoms. The molecule has 1 saturated heterocycles. The first kappa shape index (κ1) is 6.55. The Hall–Kier alpha value is -1.15. The number of aromatic nitrogens is 1. The molecule has 0 bridgehead atoms. The molecule has 0 aromatic carbocycles. The van der Waals surface area contributed by atoms with Crippen LogP contribution in [0.1, 0.15) is 11.7 Å². The lowest BCUT2D eigenvalue weighted by Gasteiger charge is -1.90. The summed E-state index contributed by atoms with van der Waals surface area (Å²) in [5.41, 5.74) is 1.19. The first-order valence-corrected chi connectivity index (χ1v) is 3.60. The van der Waals surface area contributed by atoms with Crippen LogP contribution in [0, 0.1) is 0 Å². The number of nitrogens with zero attached hydrogens (tertiary/aromatic N) is 1. The Bertz CT molecular complexity index is 258. The van der Waals surface area contributed by atoms with Crippen molar-refractivity contribution in [3.8, 4) is 0 Å². The molecule has 0 N–H and O–H groups in total. The molecule has 0 aliphatic carbocycles. The minimum Gasteiger partial charge on any atom is -0.360 e. The third-order valence-electron chi connectivity index (χ3n) is 1.79. The normalized spacial score (nSPS) is 28.0. The van der Waals surface area contributed by atoms with Gasteiger partial charge in [0.15, 0.2) is 0 Å². The van der Waals surface area contributed by atoms with Crippen LogP contribution in [0.25, 0.3) is 0 Å². The van der Waals surface area contributed by atoms with Crippen LogP contribution in [0.5, 0.6) is 0 Å². The van der Waals surface area contributed by atoms with Gasteiger partial charge in [-0.15, -0.1) is 6.58 Å². The molecule has 2 rings (SSSR count). The molecule has 0 saturated carbocycles. The van der Waals surface area contributed by atoms with Crippen LogP contribution < -0.4 is 0 Å². The van der Waals surface area contributed by atoms with Gasteiger partial charge < -0.3 is 4.74 Å². The smallest absolute Gasteiger partial charge is 0.113 e. The summed E-state index contributed by atoms with van der Waals surface area (Å²) < 4.78 is 5.31. The van der Waals surface area contributed by atoms with Crippen molar-refractivity contribution in [2.75, 3.05) is 0 Å². The molecule has 0 radical (unpaired) electrons. The molecule has 2 atom stereocenters. The maximum absolute atomic E-state index is 5.31. The van der Waals surface area contributed by atoms with Gasteiger partial charge in [-0.3, -0.25) is 4.98 Å². The highest BCUT2D eigenvalue weighted by Crippen LogP contribution is 2.38. The van der Waals surface area contributed by atoms with E-state index in [4.69, 9.17) is 4.74 Å². The quantitative estimate of drug-likeness (QED) is 0.470. The molecule has 1 aromatic heterocycles. The van der Waals surface area contributed by atoms with Gasteiger partial charge in [0.25, 0.3) is 0 Å². The Labute approximate surface area is 65.5 Å². The first-order chi connectivity index (χ1) is 5.42. The van der Waals surface area contributed by atoms with Crippen molar-refractivity contribution in [2.45, 2.75) is 12.2 Å². The lowest BCUT2D eigenvalue weighted by molar-refractivity contribution is 0.394. The monoisotopic (exact) mass is 147 g/mol. The van der Waals surface area contributed by atoms with Crippen molar-refractivity contribution in [3.05, 3.63) is 42.7 Å². The molecular weight excluding hydrogens is 138 g/mol. The van der Waals surface area contributed by atoms with E-state index in [9.17, 15) is 0 Å². The summed E-state index contributed by atoms with van der Waals surface area (Å²) in [7, 11) is 0. The fourth-order valence-corrected chi connectivity index (χ4v) is 1.12. The minimum absolute atomic E-state index is 0.220. The van der Waals surface area contributed by atoms with Crippen LogP contribution in [0.15, 0.2) is 37.2 Å². The van der Waals surface area contributed by atoms with E-state index in [1.807, 2.05) is 18.2 Å². The van der Waals surface area contributed by atoms with E-state index in [1.165, 1.54) is 5.56 Å². The van der Waals surface area contributed by atoms with Gasteiger partial charge in [0.2, 0.25) is 0 Å². The van der Waals surface area contributed by atoms with Crippen LogP contribution in [0.2, 0.25) is 0 Å². The lowest BCUT2D eigenvalue weighted by Crippen LogP contribution is -1.83. The second-order valence-corrected chi connectivity index (χ2v) is 2.54. The zero-order valence-electron chi connectivity index (χ0n) is 6.10. The first-order valence-electron chi connectivity index (χ1n) is 3.60. The largest absolute Gasteiger partial charge is 0.360 e. The molecule has 1 aromatic rings. The van der Waals surface area contributed by atoms with Gasteiger partial charge in [0.05, 0.1) is 0 Å². The third kappa shape index (κ3) is 1.17. The van der Waals surface area contributed by atoms with Gasteiger partial charge in [-0.1, -0.05) is 6.08 Å².